The Kier molecular flexibility index (Phi) is 9.75. The lowest BCUT2D eigenvalue weighted by atomic mass is 9.86. The van der Waals surface area contributed by atoms with E-state index in [0.717, 1.165) is 35.5 Å². The summed E-state index contributed by atoms with van der Waals surface area (Å²) >= 11 is 0. The third kappa shape index (κ3) is 5.54. The molecule has 0 aromatic carbocycles. The van der Waals surface area contributed by atoms with Crippen LogP contribution in [0.2, 0.25) is 0 Å². The topological polar surface area (TPSA) is 132 Å². The van der Waals surface area contributed by atoms with Crippen molar-refractivity contribution in [1.82, 2.24) is 0 Å². The SMILES string of the molecule is COC(=O)CC(C(=O)OC)C(C(=O)OC)C(C(=O)OC)[P+](=O)OC. The Morgan fingerprint density at radius 3 is 1.67 bits per heavy atom. The third-order valence-corrected chi connectivity index (χ3v) is 4.56. The summed E-state index contributed by atoms with van der Waals surface area (Å²) < 4.78 is 34.9. The molecule has 0 amide bonds. The van der Waals surface area contributed by atoms with Gasteiger partial charge in [-0.1, -0.05) is 0 Å². The number of carbonyl (C=O) groups is 4. The first-order chi connectivity index (χ1) is 11.3. The van der Waals surface area contributed by atoms with E-state index in [1.807, 2.05) is 0 Å². The summed E-state index contributed by atoms with van der Waals surface area (Å²) in [6.07, 6.45) is -0.594. The quantitative estimate of drug-likeness (QED) is 0.313. The molecule has 0 saturated heterocycles. The maximum Gasteiger partial charge on any atom is 0.524 e. The fourth-order valence-electron chi connectivity index (χ4n) is 2.02. The summed E-state index contributed by atoms with van der Waals surface area (Å²) in [4.78, 5) is 47.7. The molecule has 10 nitrogen and oxygen atoms in total. The van der Waals surface area contributed by atoms with Crippen molar-refractivity contribution in [2.45, 2.75) is 12.1 Å². The number of ether oxygens (including phenoxy) is 4. The molecule has 4 unspecified atom stereocenters. The van der Waals surface area contributed by atoms with Gasteiger partial charge >= 0.3 is 31.9 Å². The normalized spacial score (nSPS) is 14.6. The van der Waals surface area contributed by atoms with Gasteiger partial charge in [-0.25, -0.2) is 4.79 Å². The van der Waals surface area contributed by atoms with Crippen molar-refractivity contribution in [2.75, 3.05) is 35.5 Å². The highest BCUT2D eigenvalue weighted by molar-refractivity contribution is 7.41. The number of esters is 4. The number of carbonyl (C=O) groups excluding carboxylic acids is 4. The van der Waals surface area contributed by atoms with Crippen LogP contribution in [-0.2, 0) is 47.2 Å². The highest BCUT2D eigenvalue weighted by atomic mass is 31.1. The predicted molar refractivity (Wildman–Crippen MR) is 78.1 cm³/mol. The Bertz CT molecular complexity index is 487. The van der Waals surface area contributed by atoms with Gasteiger partial charge in [0.15, 0.2) is 0 Å². The molecule has 0 aliphatic heterocycles. The molecule has 0 aliphatic carbocycles. The first-order valence-corrected chi connectivity index (χ1v) is 7.84. The Morgan fingerprint density at radius 2 is 1.29 bits per heavy atom. The van der Waals surface area contributed by atoms with Gasteiger partial charge in [0, 0.05) is 0 Å². The summed E-state index contributed by atoms with van der Waals surface area (Å²) in [6.45, 7) is 0. The lowest BCUT2D eigenvalue weighted by Gasteiger charge is -2.22. The number of rotatable bonds is 9. The molecule has 136 valence electrons. The summed E-state index contributed by atoms with van der Waals surface area (Å²) in [5.74, 6) is -7.04. The molecule has 4 atom stereocenters. The summed E-state index contributed by atoms with van der Waals surface area (Å²) in [5.41, 5.74) is -1.67. The van der Waals surface area contributed by atoms with E-state index in [2.05, 4.69) is 23.5 Å². The van der Waals surface area contributed by atoms with Crippen molar-refractivity contribution < 1.29 is 47.2 Å². The van der Waals surface area contributed by atoms with E-state index >= 15 is 0 Å². The van der Waals surface area contributed by atoms with Crippen molar-refractivity contribution in [3.63, 3.8) is 0 Å². The van der Waals surface area contributed by atoms with E-state index in [9.17, 15) is 23.7 Å². The van der Waals surface area contributed by atoms with Crippen molar-refractivity contribution in [1.29, 1.82) is 0 Å². The molecule has 0 aliphatic rings. The second kappa shape index (κ2) is 10.7. The van der Waals surface area contributed by atoms with Crippen LogP contribution < -0.4 is 0 Å². The average molecular weight is 367 g/mol. The van der Waals surface area contributed by atoms with Crippen LogP contribution in [0.15, 0.2) is 0 Å². The summed E-state index contributed by atoms with van der Waals surface area (Å²) in [5, 5.41) is 0. The van der Waals surface area contributed by atoms with Crippen molar-refractivity contribution >= 4 is 31.9 Å². The van der Waals surface area contributed by atoms with Crippen LogP contribution >= 0.6 is 8.03 Å². The fraction of sp³-hybridized carbons (Fsp3) is 0.692. The maximum atomic E-state index is 12.2. The standard InChI is InChI=1S/C13H20O10P/c1-19-8(14)6-7(11(15)20-2)9(12(16)21-3)10(13(17)22-4)24(18)23-5/h7,9-10H,6H2,1-5H3/q+1. The molecule has 0 rings (SSSR count). The van der Waals surface area contributed by atoms with Gasteiger partial charge in [-0.3, -0.25) is 14.4 Å². The Labute approximate surface area is 139 Å². The highest BCUT2D eigenvalue weighted by Crippen LogP contribution is 2.40. The van der Waals surface area contributed by atoms with Gasteiger partial charge in [-0.05, 0) is 4.57 Å². The second-order valence-corrected chi connectivity index (χ2v) is 5.89. The van der Waals surface area contributed by atoms with Gasteiger partial charge in [-0.15, -0.1) is 4.52 Å². The van der Waals surface area contributed by atoms with Crippen LogP contribution in [0.3, 0.4) is 0 Å². The number of methoxy groups -OCH3 is 4. The molecule has 11 heteroatoms. The van der Waals surface area contributed by atoms with Gasteiger partial charge in [0.05, 0.1) is 47.9 Å². The first kappa shape index (κ1) is 21.9. The lowest BCUT2D eigenvalue weighted by molar-refractivity contribution is -0.163. The van der Waals surface area contributed by atoms with E-state index in [0.29, 0.717) is 0 Å². The lowest BCUT2D eigenvalue weighted by Crippen LogP contribution is -2.43. The Hall–Kier alpha value is -2.06. The van der Waals surface area contributed by atoms with Crippen LogP contribution in [0.5, 0.6) is 0 Å². The van der Waals surface area contributed by atoms with E-state index in [4.69, 9.17) is 0 Å². The van der Waals surface area contributed by atoms with Crippen LogP contribution in [0.25, 0.3) is 0 Å². The molecule has 0 aromatic heterocycles. The summed E-state index contributed by atoms with van der Waals surface area (Å²) in [7, 11) is 2.44. The molecule has 24 heavy (non-hydrogen) atoms. The minimum Gasteiger partial charge on any atom is -0.469 e. The Morgan fingerprint density at radius 1 is 0.792 bits per heavy atom. The maximum absolute atomic E-state index is 12.2. The van der Waals surface area contributed by atoms with Crippen LogP contribution in [-0.4, -0.2) is 65.1 Å². The monoisotopic (exact) mass is 367 g/mol. The Balaban J connectivity index is 6.09. The smallest absolute Gasteiger partial charge is 0.469 e. The van der Waals surface area contributed by atoms with Crippen molar-refractivity contribution in [3.8, 4) is 0 Å². The van der Waals surface area contributed by atoms with Gasteiger partial charge in [0.25, 0.3) is 5.66 Å². The van der Waals surface area contributed by atoms with E-state index in [-0.39, 0.29) is 0 Å². The first-order valence-electron chi connectivity index (χ1n) is 6.59. The van der Waals surface area contributed by atoms with Gasteiger partial charge in [-0.2, -0.15) is 0 Å². The molecule has 0 bridgehead atoms. The van der Waals surface area contributed by atoms with Crippen LogP contribution in [0.4, 0.5) is 0 Å². The zero-order valence-corrected chi connectivity index (χ0v) is 14.9. The van der Waals surface area contributed by atoms with Crippen LogP contribution in [0.1, 0.15) is 6.42 Å². The van der Waals surface area contributed by atoms with Gasteiger partial charge in [0.2, 0.25) is 0 Å². The fourth-order valence-corrected chi connectivity index (χ4v) is 3.12. The molecular weight excluding hydrogens is 347 g/mol. The van der Waals surface area contributed by atoms with Gasteiger partial charge in [0.1, 0.15) is 5.92 Å². The van der Waals surface area contributed by atoms with Crippen molar-refractivity contribution in [2.24, 2.45) is 11.8 Å². The zero-order chi connectivity index (χ0) is 18.9. The van der Waals surface area contributed by atoms with E-state index in [1.165, 1.54) is 0 Å². The minimum atomic E-state index is -2.74. The highest BCUT2D eigenvalue weighted by Gasteiger charge is 2.56. The summed E-state index contributed by atoms with van der Waals surface area (Å²) in [6, 6.07) is 0. The second-order valence-electron chi connectivity index (χ2n) is 4.39. The molecule has 0 N–H and O–H groups in total. The zero-order valence-electron chi connectivity index (χ0n) is 14.0. The van der Waals surface area contributed by atoms with Crippen LogP contribution in [0, 0.1) is 11.8 Å². The molecular formula is C13H20O10P+. The van der Waals surface area contributed by atoms with E-state index < -0.39 is 55.8 Å². The molecule has 0 heterocycles. The molecule has 0 aromatic rings. The largest absolute Gasteiger partial charge is 0.524 e. The molecule has 0 radical (unpaired) electrons. The molecule has 0 spiro atoms. The van der Waals surface area contributed by atoms with E-state index in [1.54, 1.807) is 0 Å². The van der Waals surface area contributed by atoms with Crippen molar-refractivity contribution in [3.05, 3.63) is 0 Å². The number of hydrogen-bond donors (Lipinski definition) is 0. The molecule has 0 saturated carbocycles. The molecule has 0 fully saturated rings. The predicted octanol–water partition coefficient (Wildman–Crippen LogP) is 0.0583. The third-order valence-electron chi connectivity index (χ3n) is 3.21. The number of hydrogen-bond acceptors (Lipinski definition) is 10. The minimum absolute atomic E-state index is 0.594. The van der Waals surface area contributed by atoms with Gasteiger partial charge < -0.3 is 18.9 Å². The average Bonchev–Trinajstić information content (AvgIpc) is 2.61.